The number of aromatic nitrogens is 2. The van der Waals surface area contributed by atoms with Gasteiger partial charge in [0.2, 0.25) is 5.82 Å². The van der Waals surface area contributed by atoms with Crippen LogP contribution in [0.15, 0.2) is 34.9 Å². The number of carbonyl (C=O) groups is 1. The average Bonchev–Trinajstić information content (AvgIpc) is 3.30. The molecule has 0 bridgehead atoms. The lowest BCUT2D eigenvalue weighted by Crippen LogP contribution is -2.33. The van der Waals surface area contributed by atoms with Crippen LogP contribution in [0, 0.1) is 13.8 Å². The number of benzene rings is 1. The smallest absolute Gasteiger partial charge is 0.286 e. The molecule has 27 heavy (non-hydrogen) atoms. The summed E-state index contributed by atoms with van der Waals surface area (Å²) in [6.07, 6.45) is 2.73. The Morgan fingerprint density at radius 3 is 3.00 bits per heavy atom. The van der Waals surface area contributed by atoms with Crippen LogP contribution in [0.1, 0.15) is 33.9 Å². The van der Waals surface area contributed by atoms with Crippen molar-refractivity contribution < 1.29 is 9.21 Å². The van der Waals surface area contributed by atoms with Gasteiger partial charge in [0.05, 0.1) is 6.26 Å². The van der Waals surface area contributed by atoms with Crippen LogP contribution in [-0.4, -0.2) is 35.0 Å². The summed E-state index contributed by atoms with van der Waals surface area (Å²) in [6.45, 7) is 6.38. The molecule has 1 atom stereocenters. The van der Waals surface area contributed by atoms with E-state index in [1.165, 1.54) is 5.56 Å². The van der Waals surface area contributed by atoms with Crippen LogP contribution in [0.5, 0.6) is 0 Å². The van der Waals surface area contributed by atoms with Crippen LogP contribution < -0.4 is 16.0 Å². The zero-order valence-electron chi connectivity index (χ0n) is 15.5. The van der Waals surface area contributed by atoms with Crippen molar-refractivity contribution in [2.75, 3.05) is 18.0 Å². The number of primary amides is 1. The first-order chi connectivity index (χ1) is 13.0. The highest BCUT2D eigenvalue weighted by atomic mass is 16.3. The molecule has 1 aliphatic rings. The van der Waals surface area contributed by atoms with Gasteiger partial charge in [0.25, 0.3) is 5.91 Å². The van der Waals surface area contributed by atoms with Crippen LogP contribution in [0.25, 0.3) is 11.0 Å². The number of carbonyl (C=O) groups excluding carboxylic acids is 1. The van der Waals surface area contributed by atoms with Crippen molar-refractivity contribution in [3.8, 4) is 0 Å². The van der Waals surface area contributed by atoms with Crippen LogP contribution in [0.2, 0.25) is 0 Å². The fourth-order valence-electron chi connectivity index (χ4n) is 3.54. The van der Waals surface area contributed by atoms with Crippen molar-refractivity contribution in [1.82, 2.24) is 15.3 Å². The molecule has 0 aliphatic carbocycles. The van der Waals surface area contributed by atoms with E-state index < -0.39 is 5.91 Å². The predicted octanol–water partition coefficient (Wildman–Crippen LogP) is 2.31. The van der Waals surface area contributed by atoms with E-state index in [0.29, 0.717) is 6.04 Å². The summed E-state index contributed by atoms with van der Waals surface area (Å²) in [5.74, 6) is 0.293. The molecule has 1 fully saturated rings. The summed E-state index contributed by atoms with van der Waals surface area (Å²) in [4.78, 5) is 22.3. The van der Waals surface area contributed by atoms with Gasteiger partial charge in [0.15, 0.2) is 0 Å². The minimum Gasteiger partial charge on any atom is -0.464 e. The number of hydrogen-bond acceptors (Lipinski definition) is 6. The number of nitrogens with two attached hydrogens (primary N) is 1. The van der Waals surface area contributed by atoms with E-state index in [9.17, 15) is 4.79 Å². The number of nitrogens with one attached hydrogen (secondary N) is 1. The molecular formula is C20H23N5O2. The van der Waals surface area contributed by atoms with Crippen molar-refractivity contribution in [2.45, 2.75) is 32.9 Å². The molecule has 0 spiro atoms. The Hall–Kier alpha value is -2.93. The summed E-state index contributed by atoms with van der Waals surface area (Å²) < 4.78 is 5.39. The molecule has 0 saturated carbocycles. The van der Waals surface area contributed by atoms with Gasteiger partial charge in [-0.15, -0.1) is 0 Å². The van der Waals surface area contributed by atoms with Gasteiger partial charge in [0.1, 0.15) is 11.4 Å². The maximum atomic E-state index is 11.5. The monoisotopic (exact) mass is 365 g/mol. The van der Waals surface area contributed by atoms with Crippen molar-refractivity contribution in [3.63, 3.8) is 0 Å². The maximum Gasteiger partial charge on any atom is 0.286 e. The second-order valence-electron chi connectivity index (χ2n) is 7.05. The lowest BCUT2D eigenvalue weighted by Gasteiger charge is -2.21. The number of rotatable bonds is 5. The summed E-state index contributed by atoms with van der Waals surface area (Å²) >= 11 is 0. The van der Waals surface area contributed by atoms with Gasteiger partial charge in [-0.05, 0) is 44.0 Å². The highest BCUT2D eigenvalue weighted by Crippen LogP contribution is 2.24. The van der Waals surface area contributed by atoms with Crippen molar-refractivity contribution >= 4 is 22.7 Å². The molecule has 3 heterocycles. The van der Waals surface area contributed by atoms with E-state index in [-0.39, 0.29) is 5.82 Å². The highest BCUT2D eigenvalue weighted by Gasteiger charge is 2.26. The zero-order valence-corrected chi connectivity index (χ0v) is 15.5. The summed E-state index contributed by atoms with van der Waals surface area (Å²) in [5.41, 5.74) is 9.29. The van der Waals surface area contributed by atoms with Crippen LogP contribution in [-0.2, 0) is 6.54 Å². The topological polar surface area (TPSA) is 97.3 Å². The Kier molecular flexibility index (Phi) is 4.53. The largest absolute Gasteiger partial charge is 0.464 e. The van der Waals surface area contributed by atoms with Crippen LogP contribution >= 0.6 is 0 Å². The van der Waals surface area contributed by atoms with Gasteiger partial charge in [-0.2, -0.15) is 0 Å². The summed E-state index contributed by atoms with van der Waals surface area (Å²) in [6, 6.07) is 8.58. The van der Waals surface area contributed by atoms with Gasteiger partial charge in [0, 0.05) is 42.3 Å². The quantitative estimate of drug-likeness (QED) is 0.720. The number of nitrogens with zero attached hydrogens (tertiary/aromatic N) is 3. The third-order valence-corrected chi connectivity index (χ3v) is 5.18. The minimum atomic E-state index is -0.595. The van der Waals surface area contributed by atoms with E-state index in [1.54, 1.807) is 6.26 Å². The Morgan fingerprint density at radius 1 is 1.33 bits per heavy atom. The lowest BCUT2D eigenvalue weighted by atomic mass is 10.1. The fourth-order valence-corrected chi connectivity index (χ4v) is 3.54. The minimum absolute atomic E-state index is 0.0814. The lowest BCUT2D eigenvalue weighted by molar-refractivity contribution is 0.0990. The van der Waals surface area contributed by atoms with Gasteiger partial charge in [-0.3, -0.25) is 4.79 Å². The molecule has 140 valence electrons. The van der Waals surface area contributed by atoms with Crippen molar-refractivity contribution in [1.29, 1.82) is 0 Å². The molecule has 3 N–H and O–H groups in total. The van der Waals surface area contributed by atoms with Gasteiger partial charge in [-0.25, -0.2) is 9.97 Å². The number of hydrogen-bond donors (Lipinski definition) is 2. The molecule has 0 radical (unpaired) electrons. The van der Waals surface area contributed by atoms with E-state index in [1.807, 2.05) is 26.0 Å². The first-order valence-corrected chi connectivity index (χ1v) is 9.11. The Bertz CT molecular complexity index is 997. The highest BCUT2D eigenvalue weighted by molar-refractivity contribution is 5.89. The molecule has 1 amide bonds. The third-order valence-electron chi connectivity index (χ3n) is 5.18. The first-order valence-electron chi connectivity index (χ1n) is 9.11. The number of anilines is 1. The second-order valence-corrected chi connectivity index (χ2v) is 7.05. The molecule has 7 heteroatoms. The number of furan rings is 1. The molecular weight excluding hydrogens is 342 g/mol. The van der Waals surface area contributed by atoms with E-state index >= 15 is 0 Å². The van der Waals surface area contributed by atoms with E-state index in [0.717, 1.165) is 54.1 Å². The summed E-state index contributed by atoms with van der Waals surface area (Å²) in [7, 11) is 0. The second kappa shape index (κ2) is 7.00. The van der Waals surface area contributed by atoms with E-state index in [2.05, 4.69) is 32.3 Å². The van der Waals surface area contributed by atoms with Gasteiger partial charge in [-0.1, -0.05) is 6.07 Å². The molecule has 1 aliphatic heterocycles. The normalized spacial score (nSPS) is 17.0. The molecule has 3 aromatic rings. The number of amides is 1. The Labute approximate surface area is 157 Å². The molecule has 2 aromatic heterocycles. The Balaban J connectivity index is 1.43. The first kappa shape index (κ1) is 17.5. The molecule has 7 nitrogen and oxygen atoms in total. The van der Waals surface area contributed by atoms with Gasteiger partial charge < -0.3 is 20.4 Å². The van der Waals surface area contributed by atoms with E-state index in [4.69, 9.17) is 10.2 Å². The maximum absolute atomic E-state index is 11.5. The third kappa shape index (κ3) is 3.50. The summed E-state index contributed by atoms with van der Waals surface area (Å²) in [5, 5.41) is 4.74. The fraction of sp³-hybridized carbons (Fsp3) is 0.350. The molecule has 0 unspecified atom stereocenters. The average molecular weight is 365 g/mol. The van der Waals surface area contributed by atoms with Crippen LogP contribution in [0.3, 0.4) is 0 Å². The zero-order chi connectivity index (χ0) is 19.0. The SMILES string of the molecule is Cc1nc(C(N)=O)nc(N2CC[C@@H](NCc3ccc4occc4c3)C2)c1C. The number of fused-ring (bicyclic) bond motifs is 1. The molecule has 1 aromatic carbocycles. The molecule has 1 saturated heterocycles. The van der Waals surface area contributed by atoms with Crippen molar-refractivity contribution in [3.05, 3.63) is 53.2 Å². The number of aryl methyl sites for hydroxylation is 1. The standard InChI is InChI=1S/C20H23N5O2/c1-12-13(2)23-19(18(21)26)24-20(12)25-7-5-16(11-25)22-10-14-3-4-17-15(9-14)6-8-27-17/h3-4,6,8-9,16,22H,5,7,10-11H2,1-2H3,(H2,21,26)/t16-/m1/s1. The van der Waals surface area contributed by atoms with Crippen molar-refractivity contribution in [2.24, 2.45) is 5.73 Å². The molecule has 4 rings (SSSR count). The van der Waals surface area contributed by atoms with Gasteiger partial charge >= 0.3 is 0 Å². The predicted molar refractivity (Wildman–Crippen MR) is 104 cm³/mol. The Morgan fingerprint density at radius 2 is 2.19 bits per heavy atom. The van der Waals surface area contributed by atoms with Crippen LogP contribution in [0.4, 0.5) is 5.82 Å².